The monoisotopic (exact) mass is 447 g/mol. The fourth-order valence-corrected chi connectivity index (χ4v) is 3.21. The molecule has 12 heteroatoms. The highest BCUT2D eigenvalue weighted by molar-refractivity contribution is 7.81. The molecule has 3 aromatic rings. The Morgan fingerprint density at radius 2 is 1.87 bits per heavy atom. The Labute approximate surface area is 177 Å². The van der Waals surface area contributed by atoms with Crippen LogP contribution >= 0.6 is 0 Å². The molecular weight excluding hydrogens is 432 g/mol. The molecule has 2 amide bonds. The van der Waals surface area contributed by atoms with Crippen LogP contribution in [0.2, 0.25) is 0 Å². The van der Waals surface area contributed by atoms with Crippen molar-refractivity contribution >= 4 is 46.0 Å². The molecule has 3 rings (SSSR count). The molecule has 160 valence electrons. The summed E-state index contributed by atoms with van der Waals surface area (Å²) in [5.41, 5.74) is -1.29. The van der Waals surface area contributed by atoms with Crippen molar-refractivity contribution in [2.45, 2.75) is 6.92 Å². The first-order chi connectivity index (χ1) is 14.8. The van der Waals surface area contributed by atoms with E-state index in [0.29, 0.717) is 4.31 Å². The first-order valence-corrected chi connectivity index (χ1v) is 9.68. The number of carbonyl (C=O) groups is 2. The van der Waals surface area contributed by atoms with Crippen molar-refractivity contribution in [3.8, 4) is 0 Å². The van der Waals surface area contributed by atoms with Crippen molar-refractivity contribution in [1.29, 1.82) is 0 Å². The second kappa shape index (κ2) is 9.36. The van der Waals surface area contributed by atoms with Crippen LogP contribution < -0.4 is 14.9 Å². The first kappa shape index (κ1) is 21.9. The van der Waals surface area contributed by atoms with Crippen molar-refractivity contribution in [1.82, 2.24) is 9.97 Å². The molecule has 0 aliphatic carbocycles. The topological polar surface area (TPSA) is 125 Å². The average Bonchev–Trinajstić information content (AvgIpc) is 2.71. The van der Waals surface area contributed by atoms with Gasteiger partial charge in [-0.05, 0) is 36.4 Å². The third-order valence-corrected chi connectivity index (χ3v) is 4.60. The van der Waals surface area contributed by atoms with Crippen LogP contribution in [-0.2, 0) is 16.1 Å². The Kier molecular flexibility index (Phi) is 6.62. The number of nitrogens with zero attached hydrogens (tertiary/aromatic N) is 3. The van der Waals surface area contributed by atoms with Crippen LogP contribution in [0.25, 0.3) is 0 Å². The van der Waals surface area contributed by atoms with E-state index >= 15 is 4.39 Å². The quantitative estimate of drug-likeness (QED) is 0.499. The number of rotatable bonds is 6. The summed E-state index contributed by atoms with van der Waals surface area (Å²) < 4.78 is 51.6. The van der Waals surface area contributed by atoms with Gasteiger partial charge in [0.25, 0.3) is 17.2 Å². The van der Waals surface area contributed by atoms with Crippen molar-refractivity contribution in [2.24, 2.45) is 0 Å². The molecule has 0 saturated heterocycles. The molecule has 9 nitrogen and oxygen atoms in total. The molecule has 31 heavy (non-hydrogen) atoms. The van der Waals surface area contributed by atoms with Crippen molar-refractivity contribution in [2.75, 3.05) is 14.9 Å². The maximum absolute atomic E-state index is 15.1. The molecule has 0 aliphatic heterocycles. The van der Waals surface area contributed by atoms with Gasteiger partial charge < -0.3 is 10.6 Å². The number of aromatic nitrogens is 2. The molecule has 1 aromatic carbocycles. The normalized spacial score (nSPS) is 11.5. The number of hydrogen-bond donors (Lipinski definition) is 3. The van der Waals surface area contributed by atoms with Gasteiger partial charge in [-0.15, -0.1) is 0 Å². The molecule has 1 unspecified atom stereocenters. The summed E-state index contributed by atoms with van der Waals surface area (Å²) in [7, 11) is 0. The van der Waals surface area contributed by atoms with E-state index in [1.807, 2.05) is 0 Å². The molecule has 2 heterocycles. The highest BCUT2D eigenvalue weighted by Crippen LogP contribution is 2.31. The molecule has 0 spiro atoms. The lowest BCUT2D eigenvalue weighted by atomic mass is 10.1. The number of carbonyl (C=O) groups excluding carboxylic acids is 2. The minimum absolute atomic E-state index is 0.0537. The smallest absolute Gasteiger partial charge is 0.266 e. The number of anilines is 4. The predicted octanol–water partition coefficient (Wildman–Crippen LogP) is 3.24. The van der Waals surface area contributed by atoms with E-state index in [1.165, 1.54) is 49.8 Å². The number of halogens is 2. The zero-order valence-electron chi connectivity index (χ0n) is 15.9. The van der Waals surface area contributed by atoms with Crippen molar-refractivity contribution in [3.05, 3.63) is 72.2 Å². The standard InChI is InChI=1S/C19H15F2N5O4S/c1-11(27)24-16-7-4-12(9-23-16)25-19(28)17-14(20)5-6-15(18(17)21)26(31(29)30)13-3-2-8-22-10-13/h2-10H,1H3,(H,25,28)(H,29,30)(H,23,24,27). The van der Waals surface area contributed by atoms with Gasteiger partial charge in [-0.2, -0.15) is 0 Å². The van der Waals surface area contributed by atoms with Gasteiger partial charge in [0.05, 0.1) is 29.5 Å². The van der Waals surface area contributed by atoms with Crippen LogP contribution in [0.15, 0.2) is 55.0 Å². The molecular formula is C19H15F2N5O4S. The lowest BCUT2D eigenvalue weighted by molar-refractivity contribution is -0.114. The van der Waals surface area contributed by atoms with E-state index in [4.69, 9.17) is 0 Å². The van der Waals surface area contributed by atoms with E-state index in [0.717, 1.165) is 12.1 Å². The Morgan fingerprint density at radius 3 is 2.45 bits per heavy atom. The minimum Gasteiger partial charge on any atom is -0.320 e. The maximum atomic E-state index is 15.1. The molecule has 3 N–H and O–H groups in total. The first-order valence-electron chi connectivity index (χ1n) is 8.62. The fraction of sp³-hybridized carbons (Fsp3) is 0.0526. The van der Waals surface area contributed by atoms with Gasteiger partial charge in [-0.3, -0.25) is 19.1 Å². The Balaban J connectivity index is 1.93. The van der Waals surface area contributed by atoms with Crippen molar-refractivity contribution in [3.63, 3.8) is 0 Å². The van der Waals surface area contributed by atoms with Crippen LogP contribution in [-0.4, -0.2) is 30.5 Å². The summed E-state index contributed by atoms with van der Waals surface area (Å²) in [6, 6.07) is 7.36. The highest BCUT2D eigenvalue weighted by Gasteiger charge is 2.26. The summed E-state index contributed by atoms with van der Waals surface area (Å²) in [5, 5.41) is 4.73. The Hall–Kier alpha value is -3.77. The van der Waals surface area contributed by atoms with Gasteiger partial charge >= 0.3 is 0 Å². The zero-order valence-corrected chi connectivity index (χ0v) is 16.7. The van der Waals surface area contributed by atoms with Gasteiger partial charge in [-0.25, -0.2) is 22.3 Å². The summed E-state index contributed by atoms with van der Waals surface area (Å²) in [6.45, 7) is 1.30. The molecule has 0 bridgehead atoms. The molecule has 0 aliphatic rings. The zero-order chi connectivity index (χ0) is 22.5. The van der Waals surface area contributed by atoms with Crippen LogP contribution in [0.5, 0.6) is 0 Å². The summed E-state index contributed by atoms with van der Waals surface area (Å²) >= 11 is -2.73. The number of pyridine rings is 2. The van der Waals surface area contributed by atoms with E-state index in [-0.39, 0.29) is 23.1 Å². The predicted molar refractivity (Wildman–Crippen MR) is 110 cm³/mol. The highest BCUT2D eigenvalue weighted by atomic mass is 32.2. The van der Waals surface area contributed by atoms with E-state index < -0.39 is 40.1 Å². The lowest BCUT2D eigenvalue weighted by Crippen LogP contribution is -2.23. The largest absolute Gasteiger partial charge is 0.320 e. The van der Waals surface area contributed by atoms with Crippen LogP contribution in [0.3, 0.4) is 0 Å². The Bertz CT molecular complexity index is 1150. The fourth-order valence-electron chi connectivity index (χ4n) is 2.61. The van der Waals surface area contributed by atoms with Crippen LogP contribution in [0, 0.1) is 11.6 Å². The maximum Gasteiger partial charge on any atom is 0.266 e. The second-order valence-electron chi connectivity index (χ2n) is 6.06. The number of amides is 2. The molecule has 0 saturated carbocycles. The Morgan fingerprint density at radius 1 is 1.10 bits per heavy atom. The summed E-state index contributed by atoms with van der Waals surface area (Å²) in [4.78, 5) is 31.3. The number of hydrogen-bond acceptors (Lipinski definition) is 5. The summed E-state index contributed by atoms with van der Waals surface area (Å²) in [6.07, 6.45) is 3.81. The third-order valence-electron chi connectivity index (χ3n) is 3.88. The average molecular weight is 447 g/mol. The van der Waals surface area contributed by atoms with Crippen molar-refractivity contribution < 1.29 is 27.1 Å². The van der Waals surface area contributed by atoms with E-state index in [9.17, 15) is 22.7 Å². The SMILES string of the molecule is CC(=O)Nc1ccc(NC(=O)c2c(F)ccc(N(c3cccnc3)S(=O)O)c2F)cn1. The van der Waals surface area contributed by atoms with Gasteiger partial charge in [0.15, 0.2) is 5.82 Å². The second-order valence-corrected chi connectivity index (χ2v) is 6.89. The van der Waals surface area contributed by atoms with Gasteiger partial charge in [0, 0.05) is 13.1 Å². The van der Waals surface area contributed by atoms with Crippen LogP contribution in [0.1, 0.15) is 17.3 Å². The van der Waals surface area contributed by atoms with Crippen LogP contribution in [0.4, 0.5) is 31.7 Å². The number of nitrogens with one attached hydrogen (secondary N) is 2. The van der Waals surface area contributed by atoms with E-state index in [1.54, 1.807) is 0 Å². The summed E-state index contributed by atoms with van der Waals surface area (Å²) in [5.74, 6) is -3.77. The van der Waals surface area contributed by atoms with E-state index in [2.05, 4.69) is 20.6 Å². The molecule has 1 atom stereocenters. The molecule has 0 fully saturated rings. The van der Waals surface area contributed by atoms with Gasteiger partial charge in [0.2, 0.25) is 5.91 Å². The molecule has 2 aromatic heterocycles. The molecule has 0 radical (unpaired) electrons. The minimum atomic E-state index is -2.73. The third kappa shape index (κ3) is 5.05. The van der Waals surface area contributed by atoms with Gasteiger partial charge in [-0.1, -0.05) is 0 Å². The lowest BCUT2D eigenvalue weighted by Gasteiger charge is -2.21. The van der Waals surface area contributed by atoms with Gasteiger partial charge in [0.1, 0.15) is 17.2 Å². The number of benzene rings is 1.